The van der Waals surface area contributed by atoms with E-state index in [1.54, 1.807) is 0 Å². The van der Waals surface area contributed by atoms with Crippen molar-refractivity contribution in [2.75, 3.05) is 33.8 Å². The highest BCUT2D eigenvalue weighted by atomic mass is 32.1. The third-order valence-corrected chi connectivity index (χ3v) is 6.15. The molecule has 0 aliphatic carbocycles. The van der Waals surface area contributed by atoms with Gasteiger partial charge in [0.2, 0.25) is 0 Å². The zero-order valence-corrected chi connectivity index (χ0v) is 18.1. The van der Waals surface area contributed by atoms with Crippen molar-refractivity contribution in [3.05, 3.63) is 54.1 Å². The highest BCUT2D eigenvalue weighted by molar-refractivity contribution is 7.80. The molecule has 4 rings (SSSR count). The zero-order valence-electron chi connectivity index (χ0n) is 17.3. The average Bonchev–Trinajstić information content (AvgIpc) is 3.44. The summed E-state index contributed by atoms with van der Waals surface area (Å²) in [6.45, 7) is 3.73. The summed E-state index contributed by atoms with van der Waals surface area (Å²) in [5, 5.41) is 4.37. The molecule has 2 aliphatic rings. The first-order valence-electron chi connectivity index (χ1n) is 10.5. The van der Waals surface area contributed by atoms with E-state index in [1.807, 2.05) is 18.3 Å². The third-order valence-electron chi connectivity index (χ3n) is 5.79. The van der Waals surface area contributed by atoms with Crippen molar-refractivity contribution in [3.8, 4) is 0 Å². The number of hydrogen-bond acceptors (Lipinski definition) is 4. The Balaban J connectivity index is 1.62. The molecular formula is C22H31N5OS. The number of pyridine rings is 1. The van der Waals surface area contributed by atoms with Crippen LogP contribution in [0.2, 0.25) is 0 Å². The largest absolute Gasteiger partial charge is 0.376 e. The third kappa shape index (κ3) is 4.63. The number of rotatable bonds is 8. The topological polar surface area (TPSA) is 45.6 Å². The first kappa shape index (κ1) is 20.3. The van der Waals surface area contributed by atoms with Crippen molar-refractivity contribution in [2.24, 2.45) is 0 Å². The Kier molecular flexibility index (Phi) is 6.47. The molecule has 29 heavy (non-hydrogen) atoms. The number of aromatic nitrogens is 2. The molecule has 4 heterocycles. The van der Waals surface area contributed by atoms with Crippen LogP contribution in [0.3, 0.4) is 0 Å². The van der Waals surface area contributed by atoms with Crippen molar-refractivity contribution in [3.63, 3.8) is 0 Å². The minimum atomic E-state index is 0.0428. The van der Waals surface area contributed by atoms with E-state index < -0.39 is 0 Å². The molecule has 0 radical (unpaired) electrons. The highest BCUT2D eigenvalue weighted by Gasteiger charge is 2.41. The standard InChI is InChI=1S/C22H31N5OS/c1-25(2)12-7-14-27-21(20(24-22(27)29)18-9-3-4-11-23-18)19-10-5-13-26(19)16-17-8-6-15-28-17/h3-5,9-11,13,17,20-21H,6-8,12,14-16H2,1-2H3,(H,24,29)/t17-,20-,21-/m1/s1. The van der Waals surface area contributed by atoms with Crippen molar-refractivity contribution >= 4 is 17.3 Å². The molecule has 6 nitrogen and oxygen atoms in total. The molecule has 156 valence electrons. The van der Waals surface area contributed by atoms with Crippen LogP contribution in [0.5, 0.6) is 0 Å². The van der Waals surface area contributed by atoms with Crippen molar-refractivity contribution in [1.29, 1.82) is 0 Å². The predicted octanol–water partition coefficient (Wildman–Crippen LogP) is 2.99. The van der Waals surface area contributed by atoms with Crippen LogP contribution in [0.1, 0.15) is 42.7 Å². The van der Waals surface area contributed by atoms with Gasteiger partial charge in [0.05, 0.1) is 23.9 Å². The molecule has 2 saturated heterocycles. The lowest BCUT2D eigenvalue weighted by atomic mass is 10.0. The highest BCUT2D eigenvalue weighted by Crippen LogP contribution is 2.39. The van der Waals surface area contributed by atoms with Crippen LogP contribution in [0, 0.1) is 0 Å². The van der Waals surface area contributed by atoms with Gasteiger partial charge < -0.3 is 24.4 Å². The van der Waals surface area contributed by atoms with E-state index in [4.69, 9.17) is 17.0 Å². The van der Waals surface area contributed by atoms with Gasteiger partial charge in [0, 0.05) is 37.8 Å². The second-order valence-corrected chi connectivity index (χ2v) is 8.58. The van der Waals surface area contributed by atoms with Crippen molar-refractivity contribution in [2.45, 2.75) is 44.0 Å². The Hall–Kier alpha value is -1.96. The van der Waals surface area contributed by atoms with E-state index in [-0.39, 0.29) is 12.1 Å². The number of nitrogens with zero attached hydrogens (tertiary/aromatic N) is 4. The van der Waals surface area contributed by atoms with Gasteiger partial charge in [-0.2, -0.15) is 0 Å². The predicted molar refractivity (Wildman–Crippen MR) is 119 cm³/mol. The Morgan fingerprint density at radius 3 is 2.90 bits per heavy atom. The van der Waals surface area contributed by atoms with Gasteiger partial charge in [0.15, 0.2) is 5.11 Å². The molecule has 2 aromatic heterocycles. The second kappa shape index (κ2) is 9.24. The minimum Gasteiger partial charge on any atom is -0.376 e. The minimum absolute atomic E-state index is 0.0428. The normalized spacial score (nSPS) is 24.4. The maximum Gasteiger partial charge on any atom is 0.170 e. The lowest BCUT2D eigenvalue weighted by Gasteiger charge is -2.29. The molecule has 2 fully saturated rings. The lowest BCUT2D eigenvalue weighted by molar-refractivity contribution is 0.0953. The van der Waals surface area contributed by atoms with E-state index >= 15 is 0 Å². The molecule has 0 saturated carbocycles. The molecule has 1 N–H and O–H groups in total. The molecule has 0 spiro atoms. The maximum absolute atomic E-state index is 5.90. The van der Waals surface area contributed by atoms with Crippen LogP contribution in [-0.4, -0.2) is 64.4 Å². The Bertz CT molecular complexity index is 803. The summed E-state index contributed by atoms with van der Waals surface area (Å²) in [6.07, 6.45) is 7.69. The molecule has 3 atom stereocenters. The monoisotopic (exact) mass is 413 g/mol. The summed E-state index contributed by atoms with van der Waals surface area (Å²) in [5.74, 6) is 0. The number of ether oxygens (including phenoxy) is 1. The SMILES string of the molecule is CN(C)CCCN1C(=S)N[C@H](c2ccccn2)[C@H]1c1cccn1C[C@H]1CCCO1. The maximum atomic E-state index is 5.90. The lowest BCUT2D eigenvalue weighted by Crippen LogP contribution is -2.33. The summed E-state index contributed by atoms with van der Waals surface area (Å²) in [7, 11) is 4.23. The van der Waals surface area contributed by atoms with Gasteiger partial charge in [-0.3, -0.25) is 4.98 Å². The van der Waals surface area contributed by atoms with E-state index in [0.717, 1.165) is 56.3 Å². The summed E-state index contributed by atoms with van der Waals surface area (Å²) in [5.41, 5.74) is 2.30. The van der Waals surface area contributed by atoms with Crippen LogP contribution >= 0.6 is 12.2 Å². The smallest absolute Gasteiger partial charge is 0.170 e. The van der Waals surface area contributed by atoms with E-state index in [2.05, 4.69) is 63.2 Å². The fourth-order valence-electron chi connectivity index (χ4n) is 4.39. The van der Waals surface area contributed by atoms with Gasteiger partial charge in [-0.15, -0.1) is 0 Å². The van der Waals surface area contributed by atoms with Crippen LogP contribution < -0.4 is 5.32 Å². The second-order valence-electron chi connectivity index (χ2n) is 8.20. The first-order valence-corrected chi connectivity index (χ1v) is 10.9. The van der Waals surface area contributed by atoms with E-state index in [9.17, 15) is 0 Å². The molecule has 0 amide bonds. The summed E-state index contributed by atoms with van der Waals surface area (Å²) >= 11 is 5.77. The summed E-state index contributed by atoms with van der Waals surface area (Å²) in [4.78, 5) is 9.21. The van der Waals surface area contributed by atoms with Crippen LogP contribution in [0.4, 0.5) is 0 Å². The van der Waals surface area contributed by atoms with Gasteiger partial charge in [-0.05, 0) is 76.4 Å². The Morgan fingerprint density at radius 2 is 2.17 bits per heavy atom. The summed E-state index contributed by atoms with van der Waals surface area (Å²) in [6, 6.07) is 10.6. The van der Waals surface area contributed by atoms with Gasteiger partial charge in [-0.1, -0.05) is 6.07 Å². The van der Waals surface area contributed by atoms with E-state index in [0.29, 0.717) is 6.10 Å². The van der Waals surface area contributed by atoms with Crippen molar-refractivity contribution < 1.29 is 4.74 Å². The molecule has 0 aromatic carbocycles. The molecular weight excluding hydrogens is 382 g/mol. The fraction of sp³-hybridized carbons (Fsp3) is 0.545. The summed E-state index contributed by atoms with van der Waals surface area (Å²) < 4.78 is 8.25. The molecule has 0 bridgehead atoms. The number of thiocarbonyl (C=S) groups is 1. The molecule has 2 aromatic rings. The zero-order chi connectivity index (χ0) is 20.2. The van der Waals surface area contributed by atoms with Gasteiger partial charge in [0.1, 0.15) is 0 Å². The Labute approximate surface area is 178 Å². The first-order chi connectivity index (χ1) is 14.1. The van der Waals surface area contributed by atoms with Crippen molar-refractivity contribution in [1.82, 2.24) is 24.7 Å². The van der Waals surface area contributed by atoms with Crippen LogP contribution in [0.15, 0.2) is 42.7 Å². The van der Waals surface area contributed by atoms with Crippen LogP contribution in [0.25, 0.3) is 0 Å². The molecule has 0 unspecified atom stereocenters. The molecule has 2 aliphatic heterocycles. The van der Waals surface area contributed by atoms with Gasteiger partial charge in [0.25, 0.3) is 0 Å². The average molecular weight is 414 g/mol. The van der Waals surface area contributed by atoms with Gasteiger partial charge >= 0.3 is 0 Å². The Morgan fingerprint density at radius 1 is 1.28 bits per heavy atom. The van der Waals surface area contributed by atoms with E-state index in [1.165, 1.54) is 5.69 Å². The number of nitrogens with one attached hydrogen (secondary N) is 1. The quantitative estimate of drug-likeness (QED) is 0.672. The number of hydrogen-bond donors (Lipinski definition) is 1. The molecule has 7 heteroatoms. The fourth-order valence-corrected chi connectivity index (χ4v) is 4.73. The van der Waals surface area contributed by atoms with Crippen LogP contribution in [-0.2, 0) is 11.3 Å². The van der Waals surface area contributed by atoms with Gasteiger partial charge in [-0.25, -0.2) is 0 Å².